The van der Waals surface area contributed by atoms with Gasteiger partial charge in [-0.3, -0.25) is 0 Å². The van der Waals surface area contributed by atoms with Crippen LogP contribution in [0.4, 0.5) is 0 Å². The minimum absolute atomic E-state index is 0.338. The molecule has 1 rings (SSSR count). The van der Waals surface area contributed by atoms with Crippen LogP contribution >= 0.6 is 11.6 Å². The second-order valence-corrected chi connectivity index (χ2v) is 4.84. The van der Waals surface area contributed by atoms with Crippen LogP contribution in [0.3, 0.4) is 0 Å². The molecule has 3 nitrogen and oxygen atoms in total. The number of nitrogens with zero attached hydrogens (tertiary/aromatic N) is 1. The fraction of sp³-hybridized carbons (Fsp3) is 0.615. The molecule has 0 saturated carbocycles. The molecule has 1 unspecified atom stereocenters. The molecular formula is C13H21ClN2O. The zero-order valence-corrected chi connectivity index (χ0v) is 11.5. The van der Waals surface area contributed by atoms with E-state index in [4.69, 9.17) is 16.3 Å². The molecule has 96 valence electrons. The van der Waals surface area contributed by atoms with Crippen LogP contribution in [-0.2, 0) is 6.54 Å². The smallest absolute Gasteiger partial charge is 0.213 e. The highest BCUT2D eigenvalue weighted by Gasteiger charge is 2.09. The maximum Gasteiger partial charge on any atom is 0.213 e. The highest BCUT2D eigenvalue weighted by molar-refractivity contribution is 6.18. The van der Waals surface area contributed by atoms with E-state index >= 15 is 0 Å². The van der Waals surface area contributed by atoms with Gasteiger partial charge in [0.2, 0.25) is 5.88 Å². The summed E-state index contributed by atoms with van der Waals surface area (Å²) in [6.07, 6.45) is 1.08. The standard InChI is InChI=1S/C13H21ClN2O/c1-10(2)7-12(8-14)15-9-11-5-4-6-13(16-11)17-3/h4-6,10,12,15H,7-9H2,1-3H3. The average Bonchev–Trinajstić information content (AvgIpc) is 2.34. The lowest BCUT2D eigenvalue weighted by molar-refractivity contribution is 0.393. The van der Waals surface area contributed by atoms with Crippen LogP contribution in [0.25, 0.3) is 0 Å². The van der Waals surface area contributed by atoms with Gasteiger partial charge in [-0.15, -0.1) is 11.6 Å². The molecule has 0 aromatic carbocycles. The molecule has 0 aliphatic heterocycles. The number of pyridine rings is 1. The van der Waals surface area contributed by atoms with Gasteiger partial charge in [0.05, 0.1) is 12.8 Å². The molecule has 4 heteroatoms. The molecule has 1 N–H and O–H groups in total. The first-order valence-electron chi connectivity index (χ1n) is 5.95. The quantitative estimate of drug-likeness (QED) is 0.762. The van der Waals surface area contributed by atoms with Crippen LogP contribution in [0.2, 0.25) is 0 Å². The van der Waals surface area contributed by atoms with Crippen LogP contribution in [0.15, 0.2) is 18.2 Å². The molecule has 1 atom stereocenters. The second kappa shape index (κ2) is 7.51. The SMILES string of the molecule is COc1cccc(CNC(CCl)CC(C)C)n1. The Hall–Kier alpha value is -0.800. The van der Waals surface area contributed by atoms with Gasteiger partial charge in [-0.1, -0.05) is 19.9 Å². The zero-order valence-electron chi connectivity index (χ0n) is 10.7. The highest BCUT2D eigenvalue weighted by Crippen LogP contribution is 2.09. The van der Waals surface area contributed by atoms with E-state index in [-0.39, 0.29) is 0 Å². The zero-order chi connectivity index (χ0) is 12.7. The van der Waals surface area contributed by atoms with Gasteiger partial charge in [-0.05, 0) is 18.4 Å². The van der Waals surface area contributed by atoms with Crippen molar-refractivity contribution in [3.05, 3.63) is 23.9 Å². The van der Waals surface area contributed by atoms with Crippen LogP contribution in [0.5, 0.6) is 5.88 Å². The third-order valence-electron chi connectivity index (χ3n) is 2.50. The summed E-state index contributed by atoms with van der Waals surface area (Å²) in [5, 5.41) is 3.42. The number of methoxy groups -OCH3 is 1. The second-order valence-electron chi connectivity index (χ2n) is 4.53. The van der Waals surface area contributed by atoms with Crippen molar-refractivity contribution in [2.24, 2.45) is 5.92 Å². The largest absolute Gasteiger partial charge is 0.481 e. The van der Waals surface area contributed by atoms with Crippen LogP contribution in [0.1, 0.15) is 26.0 Å². The summed E-state index contributed by atoms with van der Waals surface area (Å²) in [7, 11) is 1.62. The summed E-state index contributed by atoms with van der Waals surface area (Å²) in [5.41, 5.74) is 0.975. The van der Waals surface area contributed by atoms with Crippen molar-refractivity contribution < 1.29 is 4.74 Å². The molecule has 1 aromatic heterocycles. The number of rotatable bonds is 7. The van der Waals surface area contributed by atoms with E-state index in [0.717, 1.165) is 18.7 Å². The molecule has 1 heterocycles. The summed E-state index contributed by atoms with van der Waals surface area (Å²) in [6.45, 7) is 5.12. The first-order valence-corrected chi connectivity index (χ1v) is 6.48. The Morgan fingerprint density at radius 2 is 2.18 bits per heavy atom. The van der Waals surface area contributed by atoms with Gasteiger partial charge in [0.25, 0.3) is 0 Å². The lowest BCUT2D eigenvalue weighted by Gasteiger charge is -2.17. The van der Waals surface area contributed by atoms with Crippen molar-refractivity contribution in [3.8, 4) is 5.88 Å². The van der Waals surface area contributed by atoms with Crippen molar-refractivity contribution >= 4 is 11.6 Å². The first kappa shape index (κ1) is 14.3. The predicted molar refractivity (Wildman–Crippen MR) is 71.6 cm³/mol. The fourth-order valence-corrected chi connectivity index (χ4v) is 1.92. The van der Waals surface area contributed by atoms with Crippen molar-refractivity contribution in [3.63, 3.8) is 0 Å². The van der Waals surface area contributed by atoms with Gasteiger partial charge in [-0.2, -0.15) is 0 Å². The molecule has 0 aliphatic carbocycles. The predicted octanol–water partition coefficient (Wildman–Crippen LogP) is 2.83. The summed E-state index contributed by atoms with van der Waals surface area (Å²) >= 11 is 5.93. The number of hydrogen-bond acceptors (Lipinski definition) is 3. The Morgan fingerprint density at radius 1 is 1.41 bits per heavy atom. The summed E-state index contributed by atoms with van der Waals surface area (Å²) in [5.74, 6) is 1.92. The minimum atomic E-state index is 0.338. The third-order valence-corrected chi connectivity index (χ3v) is 2.88. The Labute approximate surface area is 109 Å². The Bertz CT molecular complexity index is 331. The van der Waals surface area contributed by atoms with E-state index in [2.05, 4.69) is 24.1 Å². The Balaban J connectivity index is 2.47. The van der Waals surface area contributed by atoms with Gasteiger partial charge in [-0.25, -0.2) is 4.98 Å². The molecule has 0 bridgehead atoms. The molecule has 0 radical (unpaired) electrons. The van der Waals surface area contributed by atoms with Crippen LogP contribution < -0.4 is 10.1 Å². The normalized spacial score (nSPS) is 12.8. The van der Waals surface area contributed by atoms with E-state index in [1.807, 2.05) is 18.2 Å². The fourth-order valence-electron chi connectivity index (χ4n) is 1.69. The molecule has 0 fully saturated rings. The monoisotopic (exact) mass is 256 g/mol. The van der Waals surface area contributed by atoms with Crippen molar-refractivity contribution in [2.75, 3.05) is 13.0 Å². The van der Waals surface area contributed by atoms with E-state index in [1.54, 1.807) is 7.11 Å². The lowest BCUT2D eigenvalue weighted by atomic mass is 10.1. The highest BCUT2D eigenvalue weighted by atomic mass is 35.5. The average molecular weight is 257 g/mol. The van der Waals surface area contributed by atoms with Gasteiger partial charge >= 0.3 is 0 Å². The number of alkyl halides is 1. The number of nitrogens with one attached hydrogen (secondary N) is 1. The topological polar surface area (TPSA) is 34.1 Å². The van der Waals surface area contributed by atoms with Gasteiger partial charge in [0, 0.05) is 24.5 Å². The van der Waals surface area contributed by atoms with Crippen LogP contribution in [-0.4, -0.2) is 24.0 Å². The first-order chi connectivity index (χ1) is 8.15. The molecule has 0 amide bonds. The van der Waals surface area contributed by atoms with Gasteiger partial charge < -0.3 is 10.1 Å². The number of hydrogen-bond donors (Lipinski definition) is 1. The summed E-state index contributed by atoms with van der Waals surface area (Å²) < 4.78 is 5.09. The number of halogens is 1. The van der Waals surface area contributed by atoms with Gasteiger partial charge in [0.15, 0.2) is 0 Å². The lowest BCUT2D eigenvalue weighted by Crippen LogP contribution is -2.31. The number of ether oxygens (including phenoxy) is 1. The molecule has 0 aliphatic rings. The molecule has 0 spiro atoms. The maximum absolute atomic E-state index is 5.93. The molecular weight excluding hydrogens is 236 g/mol. The van der Waals surface area contributed by atoms with Gasteiger partial charge in [0.1, 0.15) is 0 Å². The van der Waals surface area contributed by atoms with E-state index in [1.165, 1.54) is 0 Å². The molecule has 17 heavy (non-hydrogen) atoms. The van der Waals surface area contributed by atoms with Crippen LogP contribution in [0, 0.1) is 5.92 Å². The van der Waals surface area contributed by atoms with Crippen molar-refractivity contribution in [1.82, 2.24) is 10.3 Å². The maximum atomic E-state index is 5.93. The van der Waals surface area contributed by atoms with Crippen molar-refractivity contribution in [1.29, 1.82) is 0 Å². The van der Waals surface area contributed by atoms with E-state index in [9.17, 15) is 0 Å². The number of aromatic nitrogens is 1. The minimum Gasteiger partial charge on any atom is -0.481 e. The summed E-state index contributed by atoms with van der Waals surface area (Å²) in [6, 6.07) is 6.11. The summed E-state index contributed by atoms with van der Waals surface area (Å²) in [4.78, 5) is 4.35. The third kappa shape index (κ3) is 5.37. The van der Waals surface area contributed by atoms with E-state index < -0.39 is 0 Å². The Morgan fingerprint density at radius 3 is 2.76 bits per heavy atom. The molecule has 0 saturated heterocycles. The van der Waals surface area contributed by atoms with E-state index in [0.29, 0.717) is 23.7 Å². The Kier molecular flexibility index (Phi) is 6.30. The van der Waals surface area contributed by atoms with Crippen molar-refractivity contribution in [2.45, 2.75) is 32.9 Å². The molecule has 1 aromatic rings.